The Balaban J connectivity index is 1.41. The van der Waals surface area contributed by atoms with E-state index in [2.05, 4.69) is 48.7 Å². The van der Waals surface area contributed by atoms with Crippen LogP contribution in [0.25, 0.3) is 11.1 Å². The van der Waals surface area contributed by atoms with E-state index in [4.69, 9.17) is 14.2 Å². The third-order valence-electron chi connectivity index (χ3n) is 11.0. The molecule has 0 spiro atoms. The van der Waals surface area contributed by atoms with Gasteiger partial charge in [0.05, 0.1) is 33.1 Å². The maximum Gasteiger partial charge on any atom is 0.217 e. The van der Waals surface area contributed by atoms with E-state index in [1.807, 2.05) is 18.2 Å². The Bertz CT molecular complexity index is 1690. The summed E-state index contributed by atoms with van der Waals surface area (Å²) < 4.78 is 17.3. The highest BCUT2D eigenvalue weighted by Crippen LogP contribution is 2.57. The minimum absolute atomic E-state index is 0.0386. The molecule has 3 aliphatic carbocycles. The smallest absolute Gasteiger partial charge is 0.217 e. The first-order valence-corrected chi connectivity index (χ1v) is 16.2. The van der Waals surface area contributed by atoms with Crippen molar-refractivity contribution in [2.24, 2.45) is 11.3 Å². The molecule has 2 N–H and O–H groups in total. The Labute approximate surface area is 266 Å². The Hall–Kier alpha value is -4.00. The zero-order valence-corrected chi connectivity index (χ0v) is 27.5. The molecule has 0 heterocycles. The van der Waals surface area contributed by atoms with Crippen LogP contribution in [0.15, 0.2) is 53.3 Å². The van der Waals surface area contributed by atoms with E-state index in [9.17, 15) is 9.59 Å². The molecule has 238 valence electrons. The van der Waals surface area contributed by atoms with Crippen LogP contribution in [0.2, 0.25) is 0 Å². The third-order valence-corrected chi connectivity index (χ3v) is 11.0. The number of methoxy groups -OCH3 is 3. The summed E-state index contributed by atoms with van der Waals surface area (Å²) in [6, 6.07) is 16.2. The quantitative estimate of drug-likeness (QED) is 0.300. The molecule has 0 radical (unpaired) electrons. The molecule has 1 fully saturated rings. The highest BCUT2D eigenvalue weighted by molar-refractivity contribution is 5.83. The maximum atomic E-state index is 14.0. The SMILES string of the molecule is COc1cc2c(c(OC)c1OC)-c1ccc(NC[C@]3(C)CCC[C@]4(C)c5ccccc5CCC34)c(=O)cc1[C@H](NC(C)=O)CC2. The van der Waals surface area contributed by atoms with Gasteiger partial charge < -0.3 is 24.8 Å². The van der Waals surface area contributed by atoms with E-state index in [1.54, 1.807) is 27.4 Å². The molecule has 0 saturated heterocycles. The fraction of sp³-hybridized carbons (Fsp3) is 0.474. The lowest BCUT2D eigenvalue weighted by molar-refractivity contribution is -0.119. The van der Waals surface area contributed by atoms with E-state index in [-0.39, 0.29) is 28.2 Å². The van der Waals surface area contributed by atoms with Gasteiger partial charge in [-0.25, -0.2) is 0 Å². The van der Waals surface area contributed by atoms with Crippen molar-refractivity contribution in [2.75, 3.05) is 33.2 Å². The van der Waals surface area contributed by atoms with Gasteiger partial charge >= 0.3 is 0 Å². The van der Waals surface area contributed by atoms with Gasteiger partial charge in [0, 0.05) is 19.0 Å². The molecule has 45 heavy (non-hydrogen) atoms. The topological polar surface area (TPSA) is 85.9 Å². The summed E-state index contributed by atoms with van der Waals surface area (Å²) in [5.41, 5.74) is 7.12. The van der Waals surface area contributed by atoms with Gasteiger partial charge in [-0.3, -0.25) is 9.59 Å². The predicted octanol–water partition coefficient (Wildman–Crippen LogP) is 6.99. The van der Waals surface area contributed by atoms with Crippen LogP contribution < -0.4 is 30.3 Å². The number of hydrogen-bond acceptors (Lipinski definition) is 6. The van der Waals surface area contributed by atoms with Crippen molar-refractivity contribution >= 4 is 11.6 Å². The zero-order chi connectivity index (χ0) is 31.9. The van der Waals surface area contributed by atoms with Crippen molar-refractivity contribution in [3.05, 3.63) is 81.0 Å². The number of fused-ring (bicyclic) bond motifs is 6. The molecule has 0 aliphatic heterocycles. The molecule has 4 atom stereocenters. The van der Waals surface area contributed by atoms with Crippen molar-refractivity contribution in [1.29, 1.82) is 0 Å². The third kappa shape index (κ3) is 5.34. The molecule has 1 unspecified atom stereocenters. The van der Waals surface area contributed by atoms with Crippen molar-refractivity contribution < 1.29 is 19.0 Å². The average molecular weight is 611 g/mol. The Kier molecular flexibility index (Phi) is 8.31. The Morgan fingerprint density at radius 1 is 0.911 bits per heavy atom. The number of nitrogens with one attached hydrogen (secondary N) is 2. The predicted molar refractivity (Wildman–Crippen MR) is 179 cm³/mol. The maximum absolute atomic E-state index is 14.0. The van der Waals surface area contributed by atoms with Crippen LogP contribution in [0.1, 0.15) is 81.2 Å². The summed E-state index contributed by atoms with van der Waals surface area (Å²) in [4.78, 5) is 26.3. The monoisotopic (exact) mass is 610 g/mol. The van der Waals surface area contributed by atoms with Crippen LogP contribution in [0.5, 0.6) is 17.2 Å². The molecule has 3 aromatic carbocycles. The summed E-state index contributed by atoms with van der Waals surface area (Å²) in [5, 5.41) is 6.73. The Morgan fingerprint density at radius 2 is 1.67 bits per heavy atom. The van der Waals surface area contributed by atoms with Gasteiger partial charge in [-0.1, -0.05) is 50.6 Å². The molecule has 7 nitrogen and oxygen atoms in total. The number of rotatable bonds is 7. The van der Waals surface area contributed by atoms with Crippen molar-refractivity contribution in [3.8, 4) is 28.4 Å². The molecule has 1 saturated carbocycles. The van der Waals surface area contributed by atoms with Crippen LogP contribution in [-0.2, 0) is 23.1 Å². The minimum atomic E-state index is -0.335. The van der Waals surface area contributed by atoms with Crippen molar-refractivity contribution in [2.45, 2.75) is 77.2 Å². The van der Waals surface area contributed by atoms with Gasteiger partial charge in [0.25, 0.3) is 0 Å². The normalized spacial score (nSPS) is 24.9. The molecular weight excluding hydrogens is 564 g/mol. The zero-order valence-electron chi connectivity index (χ0n) is 27.5. The fourth-order valence-corrected chi connectivity index (χ4v) is 8.92. The number of hydrogen-bond donors (Lipinski definition) is 2. The van der Waals surface area contributed by atoms with Gasteiger partial charge in [0.15, 0.2) is 11.5 Å². The standard InChI is InChI=1S/C38H46N2O5/c1-23(41)40-29-15-12-25-20-32(43-4)35(44-5)36(45-6)34(25)26-14-16-30(31(42)21-27(26)29)39-22-37(2)18-9-19-38(3)28-11-8-7-10-24(28)13-17-33(37)38/h7-8,10-11,14,16,20-21,29,33H,9,12-13,15,17-19,22H2,1-6H3,(H,39,42)(H,40,41)/t29-,33?,37+,38-/m1/s1. The number of benzene rings is 2. The number of anilines is 1. The van der Waals surface area contributed by atoms with Crippen LogP contribution in [-0.4, -0.2) is 33.8 Å². The largest absolute Gasteiger partial charge is 0.493 e. The van der Waals surface area contributed by atoms with Crippen LogP contribution in [0.3, 0.4) is 0 Å². The lowest BCUT2D eigenvalue weighted by atomic mass is 9.50. The second kappa shape index (κ2) is 12.1. The molecular formula is C38H46N2O5. The highest BCUT2D eigenvalue weighted by atomic mass is 16.5. The highest BCUT2D eigenvalue weighted by Gasteiger charge is 2.51. The minimum Gasteiger partial charge on any atom is -0.493 e. The van der Waals surface area contributed by atoms with Crippen LogP contribution >= 0.6 is 0 Å². The van der Waals surface area contributed by atoms with E-state index >= 15 is 0 Å². The van der Waals surface area contributed by atoms with E-state index in [0.29, 0.717) is 41.7 Å². The second-order valence-electron chi connectivity index (χ2n) is 13.6. The molecule has 1 amide bonds. The van der Waals surface area contributed by atoms with Crippen molar-refractivity contribution in [3.63, 3.8) is 0 Å². The number of carbonyl (C=O) groups excluding carboxylic acids is 1. The summed E-state index contributed by atoms with van der Waals surface area (Å²) in [5.74, 6) is 2.01. The molecule has 0 bridgehead atoms. The van der Waals surface area contributed by atoms with Gasteiger partial charge in [0.2, 0.25) is 17.1 Å². The molecule has 7 heteroatoms. The van der Waals surface area contributed by atoms with Crippen molar-refractivity contribution in [1.82, 2.24) is 5.32 Å². The number of carbonyl (C=O) groups is 1. The lowest BCUT2D eigenvalue weighted by Crippen LogP contribution is -2.51. The van der Waals surface area contributed by atoms with Gasteiger partial charge in [-0.05, 0) is 101 Å². The van der Waals surface area contributed by atoms with Gasteiger partial charge in [-0.2, -0.15) is 0 Å². The molecule has 0 aromatic heterocycles. The van der Waals surface area contributed by atoms with E-state index < -0.39 is 0 Å². The first kappa shape index (κ1) is 31.0. The second-order valence-corrected chi connectivity index (χ2v) is 13.6. The first-order valence-electron chi connectivity index (χ1n) is 16.2. The van der Waals surface area contributed by atoms with Crippen LogP contribution in [0, 0.1) is 11.3 Å². The Morgan fingerprint density at radius 3 is 2.40 bits per heavy atom. The first-order chi connectivity index (χ1) is 21.6. The van der Waals surface area contributed by atoms with Gasteiger partial charge in [-0.15, -0.1) is 0 Å². The summed E-state index contributed by atoms with van der Waals surface area (Å²) in [6.07, 6.45) is 7.05. The fourth-order valence-electron chi connectivity index (χ4n) is 8.92. The molecule has 6 rings (SSSR count). The number of aryl methyl sites for hydroxylation is 2. The average Bonchev–Trinajstić information content (AvgIpc) is 3.27. The van der Waals surface area contributed by atoms with Crippen LogP contribution in [0.4, 0.5) is 5.69 Å². The van der Waals surface area contributed by atoms with E-state index in [1.165, 1.54) is 30.9 Å². The molecule has 3 aromatic rings. The molecule has 3 aliphatic rings. The van der Waals surface area contributed by atoms with Gasteiger partial charge in [0.1, 0.15) is 0 Å². The van der Waals surface area contributed by atoms with E-state index in [0.717, 1.165) is 48.1 Å². The summed E-state index contributed by atoms with van der Waals surface area (Å²) in [7, 11) is 4.82. The summed E-state index contributed by atoms with van der Waals surface area (Å²) >= 11 is 0. The lowest BCUT2D eigenvalue weighted by Gasteiger charge is -2.55. The summed E-state index contributed by atoms with van der Waals surface area (Å²) in [6.45, 7) is 7.11. The number of amides is 1. The number of ether oxygens (including phenoxy) is 3.